The lowest BCUT2D eigenvalue weighted by Crippen LogP contribution is -2.22. The van der Waals surface area contributed by atoms with Crippen molar-refractivity contribution < 1.29 is 0 Å². The number of aromatic amines is 1. The van der Waals surface area contributed by atoms with Crippen molar-refractivity contribution in [3.05, 3.63) is 72.1 Å². The van der Waals surface area contributed by atoms with E-state index in [-0.39, 0.29) is 11.6 Å². The Morgan fingerprint density at radius 2 is 1.93 bits per heavy atom. The highest BCUT2D eigenvalue weighted by Gasteiger charge is 2.13. The Balaban J connectivity index is 1.54. The van der Waals surface area contributed by atoms with Crippen LogP contribution in [0.3, 0.4) is 0 Å². The van der Waals surface area contributed by atoms with Crippen LogP contribution in [0.4, 0.5) is 0 Å². The first-order valence-corrected chi connectivity index (χ1v) is 10.8. The van der Waals surface area contributed by atoms with Crippen molar-refractivity contribution in [2.75, 3.05) is 0 Å². The van der Waals surface area contributed by atoms with E-state index in [9.17, 15) is 4.79 Å². The molecular weight excluding hydrogens is 470 g/mol. The third kappa shape index (κ3) is 4.03. The average molecular weight is 491 g/mol. The molecule has 0 bridgehead atoms. The second-order valence-electron chi connectivity index (χ2n) is 7.13. The molecule has 4 rings (SSSR count). The highest BCUT2D eigenvalue weighted by molar-refractivity contribution is 9.11. The van der Waals surface area contributed by atoms with Gasteiger partial charge in [0, 0.05) is 15.0 Å². The Morgan fingerprint density at radius 1 is 1.15 bits per heavy atom. The van der Waals surface area contributed by atoms with Crippen molar-refractivity contribution in [3.63, 3.8) is 0 Å². The normalized spacial score (nSPS) is 14.9. The van der Waals surface area contributed by atoms with E-state index in [0.717, 1.165) is 8.95 Å². The van der Waals surface area contributed by atoms with Crippen LogP contribution in [-0.2, 0) is 19.4 Å². The molecule has 1 aliphatic rings. The van der Waals surface area contributed by atoms with Gasteiger partial charge < -0.3 is 10.3 Å². The lowest BCUT2D eigenvalue weighted by molar-refractivity contribution is 0.557. The van der Waals surface area contributed by atoms with Crippen molar-refractivity contribution in [1.29, 1.82) is 0 Å². The SMILES string of the molecule is C[C@@H](NCc1nc2c(Br)cc(Br)cc2c(=O)[nH]1)c1ccc2c(c1)CCCC2. The zero-order valence-electron chi connectivity index (χ0n) is 15.1. The van der Waals surface area contributed by atoms with Crippen LogP contribution in [0.15, 0.2) is 44.1 Å². The molecule has 6 heteroatoms. The van der Waals surface area contributed by atoms with Gasteiger partial charge in [0.25, 0.3) is 5.56 Å². The van der Waals surface area contributed by atoms with Gasteiger partial charge in [0.2, 0.25) is 0 Å². The maximum Gasteiger partial charge on any atom is 0.258 e. The van der Waals surface area contributed by atoms with Crippen LogP contribution in [0, 0.1) is 0 Å². The molecule has 27 heavy (non-hydrogen) atoms. The Hall–Kier alpha value is -1.50. The largest absolute Gasteiger partial charge is 0.309 e. The summed E-state index contributed by atoms with van der Waals surface area (Å²) in [4.78, 5) is 19.9. The van der Waals surface area contributed by atoms with Gasteiger partial charge in [-0.25, -0.2) is 4.98 Å². The van der Waals surface area contributed by atoms with E-state index >= 15 is 0 Å². The summed E-state index contributed by atoms with van der Waals surface area (Å²) >= 11 is 6.92. The maximum atomic E-state index is 12.4. The molecule has 140 valence electrons. The van der Waals surface area contributed by atoms with Gasteiger partial charge in [0.15, 0.2) is 0 Å². The number of hydrogen-bond acceptors (Lipinski definition) is 3. The molecule has 0 amide bonds. The Kier molecular flexibility index (Phi) is 5.48. The predicted octanol–water partition coefficient (Wildman–Crippen LogP) is 5.18. The quantitative estimate of drug-likeness (QED) is 0.529. The highest BCUT2D eigenvalue weighted by Crippen LogP contribution is 2.26. The minimum Gasteiger partial charge on any atom is -0.309 e. The molecule has 0 unspecified atom stereocenters. The lowest BCUT2D eigenvalue weighted by atomic mass is 9.89. The number of nitrogens with zero attached hydrogens (tertiary/aromatic N) is 1. The molecule has 0 saturated heterocycles. The summed E-state index contributed by atoms with van der Waals surface area (Å²) in [5.74, 6) is 0.639. The van der Waals surface area contributed by atoms with Crippen LogP contribution in [0.5, 0.6) is 0 Å². The van der Waals surface area contributed by atoms with Crippen LogP contribution in [0.2, 0.25) is 0 Å². The summed E-state index contributed by atoms with van der Waals surface area (Å²) in [6.07, 6.45) is 4.96. The molecule has 2 aromatic carbocycles. The minimum absolute atomic E-state index is 0.125. The topological polar surface area (TPSA) is 57.8 Å². The summed E-state index contributed by atoms with van der Waals surface area (Å²) < 4.78 is 1.66. The molecular formula is C21H21Br2N3O. The van der Waals surface area contributed by atoms with Crippen LogP contribution in [0.25, 0.3) is 10.9 Å². The van der Waals surface area contributed by atoms with E-state index in [1.807, 2.05) is 6.07 Å². The van der Waals surface area contributed by atoms with Gasteiger partial charge in [-0.1, -0.05) is 34.1 Å². The van der Waals surface area contributed by atoms with E-state index in [1.54, 1.807) is 6.07 Å². The molecule has 0 saturated carbocycles. The smallest absolute Gasteiger partial charge is 0.258 e. The monoisotopic (exact) mass is 489 g/mol. The molecule has 2 N–H and O–H groups in total. The van der Waals surface area contributed by atoms with Crippen molar-refractivity contribution in [2.24, 2.45) is 0 Å². The van der Waals surface area contributed by atoms with Gasteiger partial charge in [-0.15, -0.1) is 0 Å². The summed E-state index contributed by atoms with van der Waals surface area (Å²) in [6.45, 7) is 2.66. The molecule has 0 spiro atoms. The first-order chi connectivity index (χ1) is 13.0. The molecule has 4 nitrogen and oxygen atoms in total. The summed E-state index contributed by atoms with van der Waals surface area (Å²) in [5.41, 5.74) is 4.82. The summed E-state index contributed by atoms with van der Waals surface area (Å²) in [5, 5.41) is 4.06. The van der Waals surface area contributed by atoms with Crippen molar-refractivity contribution >= 4 is 42.8 Å². The lowest BCUT2D eigenvalue weighted by Gasteiger charge is -2.20. The molecule has 0 aliphatic heterocycles. The minimum atomic E-state index is -0.125. The van der Waals surface area contributed by atoms with E-state index < -0.39 is 0 Å². The first-order valence-electron chi connectivity index (χ1n) is 9.24. The number of H-pyrrole nitrogens is 1. The van der Waals surface area contributed by atoms with E-state index in [2.05, 4.69) is 72.3 Å². The van der Waals surface area contributed by atoms with Crippen LogP contribution < -0.4 is 10.9 Å². The zero-order valence-corrected chi connectivity index (χ0v) is 18.3. The van der Waals surface area contributed by atoms with Gasteiger partial charge >= 0.3 is 0 Å². The average Bonchev–Trinajstić information content (AvgIpc) is 2.66. The highest BCUT2D eigenvalue weighted by atomic mass is 79.9. The standard InChI is InChI=1S/C21H21Br2N3O/c1-12(14-7-6-13-4-2-3-5-15(13)8-14)24-11-19-25-20-17(21(27)26-19)9-16(22)10-18(20)23/h6-10,12,24H,2-5,11H2,1H3,(H,25,26,27)/t12-/m1/s1. The van der Waals surface area contributed by atoms with E-state index in [1.165, 1.54) is 42.4 Å². The van der Waals surface area contributed by atoms with Gasteiger partial charge in [-0.2, -0.15) is 0 Å². The fraction of sp³-hybridized carbons (Fsp3) is 0.333. The maximum absolute atomic E-state index is 12.4. The number of aryl methyl sites for hydroxylation is 2. The molecule has 3 aromatic rings. The van der Waals surface area contributed by atoms with Crippen molar-refractivity contribution in [2.45, 2.75) is 45.2 Å². The van der Waals surface area contributed by atoms with Crippen molar-refractivity contribution in [3.8, 4) is 0 Å². The Morgan fingerprint density at radius 3 is 2.74 bits per heavy atom. The van der Waals surface area contributed by atoms with Gasteiger partial charge in [-0.3, -0.25) is 4.79 Å². The Bertz CT molecular complexity index is 1060. The summed E-state index contributed by atoms with van der Waals surface area (Å²) in [7, 11) is 0. The van der Waals surface area contributed by atoms with Gasteiger partial charge in [0.1, 0.15) is 5.82 Å². The fourth-order valence-electron chi connectivity index (χ4n) is 3.69. The van der Waals surface area contributed by atoms with Gasteiger partial charge in [-0.05, 0) is 77.4 Å². The third-order valence-corrected chi connectivity index (χ3v) is 6.29. The Labute approximate surface area is 175 Å². The molecule has 1 heterocycles. The fourth-order valence-corrected chi connectivity index (χ4v) is 5.00. The van der Waals surface area contributed by atoms with Crippen LogP contribution in [-0.4, -0.2) is 9.97 Å². The number of nitrogens with one attached hydrogen (secondary N) is 2. The number of rotatable bonds is 4. The number of halogens is 2. The second-order valence-corrected chi connectivity index (χ2v) is 8.90. The molecule has 1 aromatic heterocycles. The molecule has 0 fully saturated rings. The zero-order chi connectivity index (χ0) is 19.0. The van der Waals surface area contributed by atoms with Gasteiger partial charge in [0.05, 0.1) is 17.4 Å². The number of hydrogen-bond donors (Lipinski definition) is 2. The molecule has 0 radical (unpaired) electrons. The molecule has 1 atom stereocenters. The van der Waals surface area contributed by atoms with Crippen LogP contribution in [0.1, 0.15) is 48.3 Å². The number of aromatic nitrogens is 2. The number of fused-ring (bicyclic) bond motifs is 2. The second kappa shape index (κ2) is 7.86. The predicted molar refractivity (Wildman–Crippen MR) is 116 cm³/mol. The van der Waals surface area contributed by atoms with E-state index in [0.29, 0.717) is 23.3 Å². The van der Waals surface area contributed by atoms with Crippen molar-refractivity contribution in [1.82, 2.24) is 15.3 Å². The number of benzene rings is 2. The summed E-state index contributed by atoms with van der Waals surface area (Å²) in [6, 6.07) is 10.7. The van der Waals surface area contributed by atoms with Crippen LogP contribution >= 0.6 is 31.9 Å². The third-order valence-electron chi connectivity index (χ3n) is 5.23. The first kappa shape index (κ1) is 18.8. The van der Waals surface area contributed by atoms with E-state index in [4.69, 9.17) is 0 Å². The molecule has 1 aliphatic carbocycles.